The molecule has 7 nitrogen and oxygen atoms in total. The molecular weight excluding hydrogens is 432 g/mol. The van der Waals surface area contributed by atoms with E-state index in [9.17, 15) is 9.59 Å². The topological polar surface area (TPSA) is 88.1 Å². The number of hydrogen-bond acceptors (Lipinski definition) is 5. The van der Waals surface area contributed by atoms with Gasteiger partial charge < -0.3 is 10.1 Å². The molecule has 3 amide bonds. The Hall–Kier alpha value is -2.22. The van der Waals surface area contributed by atoms with Gasteiger partial charge in [-0.2, -0.15) is 0 Å². The van der Waals surface area contributed by atoms with Crippen LogP contribution in [-0.2, 0) is 26.4 Å². The summed E-state index contributed by atoms with van der Waals surface area (Å²) in [5.41, 5.74) is 1.59. The van der Waals surface area contributed by atoms with Crippen molar-refractivity contribution in [1.29, 1.82) is 0 Å². The Morgan fingerprint density at radius 2 is 1.82 bits per heavy atom. The number of hydrogen-bond donors (Lipinski definition) is 2. The molecule has 0 aromatic heterocycles. The standard InChI is InChI=1S/C23H30N2O3.C4H10O2/c1-5-6-16-7-8-17-14-22(11-9-18(28-4)10-12-22)23(19(17)13-16)20(26)25(15(2)3)21(27)24-23;1-4(2,3)6-5/h5-8,13,15,18H,9-12,14H2,1-4H3,(H,24,27);5H,1-3H3/b6-5+;. The Bertz CT molecular complexity index is 941. The number of benzene rings is 1. The molecule has 3 aliphatic rings. The van der Waals surface area contributed by atoms with Gasteiger partial charge in [0.15, 0.2) is 5.54 Å². The van der Waals surface area contributed by atoms with Gasteiger partial charge in [-0.25, -0.2) is 9.68 Å². The van der Waals surface area contributed by atoms with Crippen molar-refractivity contribution in [1.82, 2.24) is 10.2 Å². The number of nitrogens with zero attached hydrogens (tertiary/aromatic N) is 1. The number of rotatable bonds is 3. The highest BCUT2D eigenvalue weighted by Crippen LogP contribution is 2.60. The van der Waals surface area contributed by atoms with E-state index in [0.717, 1.165) is 43.2 Å². The van der Waals surface area contributed by atoms with Crippen LogP contribution in [0.3, 0.4) is 0 Å². The maximum absolute atomic E-state index is 13.8. The predicted octanol–water partition coefficient (Wildman–Crippen LogP) is 5.28. The van der Waals surface area contributed by atoms with E-state index in [2.05, 4.69) is 28.4 Å². The fraction of sp³-hybridized carbons (Fsp3) is 0.630. The number of nitrogens with one attached hydrogen (secondary N) is 1. The highest BCUT2D eigenvalue weighted by molar-refractivity contribution is 6.09. The molecule has 1 saturated heterocycles. The lowest BCUT2D eigenvalue weighted by molar-refractivity contribution is -0.306. The van der Waals surface area contributed by atoms with E-state index in [0.29, 0.717) is 0 Å². The molecule has 4 rings (SSSR count). The number of amides is 3. The summed E-state index contributed by atoms with van der Waals surface area (Å²) in [5.74, 6) is -0.0836. The van der Waals surface area contributed by atoms with E-state index in [1.54, 1.807) is 27.9 Å². The van der Waals surface area contributed by atoms with Crippen LogP contribution in [0.2, 0.25) is 0 Å². The van der Waals surface area contributed by atoms with Crippen LogP contribution in [-0.4, -0.2) is 47.0 Å². The average Bonchev–Trinajstić information content (AvgIpc) is 3.20. The van der Waals surface area contributed by atoms with Gasteiger partial charge in [0, 0.05) is 18.6 Å². The molecule has 7 heteroatoms. The first-order chi connectivity index (χ1) is 15.9. The fourth-order valence-electron chi connectivity index (χ4n) is 5.67. The van der Waals surface area contributed by atoms with Gasteiger partial charge in [-0.15, -0.1) is 0 Å². The third-order valence-electron chi connectivity index (χ3n) is 7.29. The van der Waals surface area contributed by atoms with Gasteiger partial charge in [0.05, 0.1) is 11.7 Å². The highest BCUT2D eigenvalue weighted by Gasteiger charge is 2.68. The van der Waals surface area contributed by atoms with Crippen LogP contribution in [0.4, 0.5) is 4.79 Å². The second-order valence-corrected chi connectivity index (χ2v) is 11.0. The van der Waals surface area contributed by atoms with Crippen LogP contribution in [0, 0.1) is 5.41 Å². The molecule has 1 unspecified atom stereocenters. The van der Waals surface area contributed by atoms with E-state index in [1.165, 1.54) is 10.5 Å². The summed E-state index contributed by atoms with van der Waals surface area (Å²) < 4.78 is 5.59. The van der Waals surface area contributed by atoms with Gasteiger partial charge in [-0.3, -0.25) is 15.0 Å². The first kappa shape index (κ1) is 26.4. The SMILES string of the molecule is C/C=C/c1ccc2c(c1)C1(NC(=O)N(C(C)C)C1=O)C1(CCC(OC)CC1)C2.CC(C)(C)OO. The van der Waals surface area contributed by atoms with Crippen molar-refractivity contribution in [3.05, 3.63) is 41.0 Å². The van der Waals surface area contributed by atoms with Gasteiger partial charge in [0.1, 0.15) is 0 Å². The summed E-state index contributed by atoms with van der Waals surface area (Å²) in [6.07, 6.45) is 8.68. The highest BCUT2D eigenvalue weighted by atomic mass is 17.1. The monoisotopic (exact) mass is 472 g/mol. The van der Waals surface area contributed by atoms with E-state index in [-0.39, 0.29) is 29.5 Å². The van der Waals surface area contributed by atoms with Crippen LogP contribution in [0.1, 0.15) is 83.9 Å². The number of fused-ring (bicyclic) bond motifs is 3. The zero-order valence-corrected chi connectivity index (χ0v) is 21.6. The normalized spacial score (nSPS) is 28.6. The summed E-state index contributed by atoms with van der Waals surface area (Å²) in [5, 5.41) is 11.1. The lowest BCUT2D eigenvalue weighted by atomic mass is 9.61. The molecule has 1 aromatic carbocycles. The van der Waals surface area contributed by atoms with Gasteiger partial charge in [0.25, 0.3) is 5.91 Å². The number of carbonyl (C=O) groups is 2. The van der Waals surface area contributed by atoms with Crippen LogP contribution in [0.5, 0.6) is 0 Å². The minimum atomic E-state index is -0.958. The van der Waals surface area contributed by atoms with Gasteiger partial charge in [-0.1, -0.05) is 24.3 Å². The predicted molar refractivity (Wildman–Crippen MR) is 132 cm³/mol. The molecule has 188 valence electrons. The van der Waals surface area contributed by atoms with E-state index in [1.807, 2.05) is 32.9 Å². The molecule has 1 atom stereocenters. The quantitative estimate of drug-likeness (QED) is 0.355. The first-order valence-corrected chi connectivity index (χ1v) is 12.2. The van der Waals surface area contributed by atoms with Crippen molar-refractivity contribution in [2.45, 2.75) is 96.9 Å². The van der Waals surface area contributed by atoms with Gasteiger partial charge in [0.2, 0.25) is 0 Å². The molecule has 1 saturated carbocycles. The van der Waals surface area contributed by atoms with Crippen LogP contribution < -0.4 is 5.32 Å². The molecule has 1 heterocycles. The minimum Gasteiger partial charge on any atom is -0.381 e. The van der Waals surface area contributed by atoms with Crippen molar-refractivity contribution in [3.8, 4) is 0 Å². The second-order valence-electron chi connectivity index (χ2n) is 11.0. The Morgan fingerprint density at radius 1 is 1.21 bits per heavy atom. The molecule has 2 N–H and O–H groups in total. The molecule has 0 radical (unpaired) electrons. The Labute approximate surface area is 203 Å². The minimum absolute atomic E-state index is 0.0836. The van der Waals surface area contributed by atoms with Crippen LogP contribution in [0.25, 0.3) is 6.08 Å². The molecule has 0 bridgehead atoms. The van der Waals surface area contributed by atoms with E-state index >= 15 is 0 Å². The van der Waals surface area contributed by atoms with Crippen molar-refractivity contribution in [2.24, 2.45) is 5.41 Å². The van der Waals surface area contributed by atoms with Gasteiger partial charge in [-0.05, 0) is 96.4 Å². The Balaban J connectivity index is 0.000000481. The molecule has 2 spiro atoms. The zero-order chi connectivity index (χ0) is 25.3. The maximum Gasteiger partial charge on any atom is 0.325 e. The molecule has 2 fully saturated rings. The number of allylic oxidation sites excluding steroid dienone is 1. The number of methoxy groups -OCH3 is 1. The average molecular weight is 473 g/mol. The largest absolute Gasteiger partial charge is 0.381 e. The lowest BCUT2D eigenvalue weighted by Crippen LogP contribution is -2.57. The van der Waals surface area contributed by atoms with Crippen molar-refractivity contribution in [3.63, 3.8) is 0 Å². The number of urea groups is 1. The summed E-state index contributed by atoms with van der Waals surface area (Å²) in [6, 6.07) is 5.92. The lowest BCUT2D eigenvalue weighted by Gasteiger charge is -2.46. The molecule has 34 heavy (non-hydrogen) atoms. The second kappa shape index (κ2) is 9.80. The first-order valence-electron chi connectivity index (χ1n) is 12.2. The maximum atomic E-state index is 13.8. The number of ether oxygens (including phenoxy) is 1. The Morgan fingerprint density at radius 3 is 2.29 bits per heavy atom. The van der Waals surface area contributed by atoms with Crippen molar-refractivity contribution < 1.29 is 24.5 Å². The van der Waals surface area contributed by atoms with E-state index < -0.39 is 11.1 Å². The zero-order valence-electron chi connectivity index (χ0n) is 21.6. The number of carbonyl (C=O) groups excluding carboxylic acids is 2. The van der Waals surface area contributed by atoms with Crippen LogP contribution in [0.15, 0.2) is 24.3 Å². The van der Waals surface area contributed by atoms with E-state index in [4.69, 9.17) is 9.99 Å². The third kappa shape index (κ3) is 4.53. The molecule has 1 aliphatic heterocycles. The van der Waals surface area contributed by atoms with Crippen LogP contribution >= 0.6 is 0 Å². The molecule has 2 aliphatic carbocycles. The smallest absolute Gasteiger partial charge is 0.325 e. The molecule has 1 aromatic rings. The third-order valence-corrected chi connectivity index (χ3v) is 7.29. The summed E-state index contributed by atoms with van der Waals surface area (Å²) >= 11 is 0. The fourth-order valence-corrected chi connectivity index (χ4v) is 5.67. The van der Waals surface area contributed by atoms with Crippen molar-refractivity contribution in [2.75, 3.05) is 7.11 Å². The molecular formula is C27H40N2O5. The summed E-state index contributed by atoms with van der Waals surface area (Å²) in [6.45, 7) is 11.1. The number of imide groups is 1. The van der Waals surface area contributed by atoms with Crippen molar-refractivity contribution >= 4 is 18.0 Å². The van der Waals surface area contributed by atoms with Gasteiger partial charge >= 0.3 is 6.03 Å². The summed E-state index contributed by atoms with van der Waals surface area (Å²) in [4.78, 5) is 32.1. The Kier molecular flexibility index (Phi) is 7.60. The summed E-state index contributed by atoms with van der Waals surface area (Å²) in [7, 11) is 1.76.